The lowest BCUT2D eigenvalue weighted by Gasteiger charge is -2.22. The molecule has 0 fully saturated rings. The van der Waals surface area contributed by atoms with Gasteiger partial charge in [0.1, 0.15) is 5.82 Å². The molecule has 3 N–H and O–H groups in total. The van der Waals surface area contributed by atoms with E-state index in [1.54, 1.807) is 24.4 Å². The molecule has 2 heterocycles. The Morgan fingerprint density at radius 1 is 1.42 bits per heavy atom. The van der Waals surface area contributed by atoms with Crippen molar-refractivity contribution in [1.82, 2.24) is 9.55 Å². The van der Waals surface area contributed by atoms with Gasteiger partial charge < -0.3 is 15.4 Å². The van der Waals surface area contributed by atoms with Crippen LogP contribution in [0.4, 0.5) is 0 Å². The highest BCUT2D eigenvalue weighted by molar-refractivity contribution is 5.95. The van der Waals surface area contributed by atoms with Crippen LogP contribution in [-0.4, -0.2) is 20.6 Å². The SMILES string of the molecule is NC1CCCn2c1cnc2-c1ccccc1C(=O)O. The largest absolute Gasteiger partial charge is 0.478 e. The Morgan fingerprint density at radius 2 is 2.21 bits per heavy atom. The van der Waals surface area contributed by atoms with E-state index in [1.807, 2.05) is 10.6 Å². The molecule has 0 amide bonds. The van der Waals surface area contributed by atoms with Gasteiger partial charge >= 0.3 is 5.97 Å². The molecule has 1 aromatic carbocycles. The number of aromatic carboxylic acids is 1. The van der Waals surface area contributed by atoms with Gasteiger partial charge in [0.05, 0.1) is 17.5 Å². The minimum atomic E-state index is -0.937. The van der Waals surface area contributed by atoms with Gasteiger partial charge in [0, 0.05) is 18.2 Å². The summed E-state index contributed by atoms with van der Waals surface area (Å²) in [6.45, 7) is 0.840. The van der Waals surface area contributed by atoms with E-state index in [9.17, 15) is 9.90 Å². The second-order valence-electron chi connectivity index (χ2n) is 4.76. The topological polar surface area (TPSA) is 81.1 Å². The van der Waals surface area contributed by atoms with Crippen molar-refractivity contribution in [2.45, 2.75) is 25.4 Å². The lowest BCUT2D eigenvalue weighted by Crippen LogP contribution is -2.21. The van der Waals surface area contributed by atoms with E-state index < -0.39 is 5.97 Å². The monoisotopic (exact) mass is 257 g/mol. The van der Waals surface area contributed by atoms with Gasteiger partial charge in [-0.25, -0.2) is 9.78 Å². The van der Waals surface area contributed by atoms with E-state index in [4.69, 9.17) is 5.73 Å². The lowest BCUT2D eigenvalue weighted by molar-refractivity contribution is 0.0697. The molecule has 1 aliphatic heterocycles. The molecule has 0 saturated carbocycles. The smallest absolute Gasteiger partial charge is 0.336 e. The molecule has 0 radical (unpaired) electrons. The van der Waals surface area contributed by atoms with Gasteiger partial charge in [0.2, 0.25) is 0 Å². The quantitative estimate of drug-likeness (QED) is 0.862. The highest BCUT2D eigenvalue weighted by atomic mass is 16.4. The number of hydrogen-bond acceptors (Lipinski definition) is 3. The van der Waals surface area contributed by atoms with E-state index in [1.165, 1.54) is 0 Å². The van der Waals surface area contributed by atoms with Gasteiger partial charge in [-0.1, -0.05) is 18.2 Å². The predicted molar refractivity (Wildman–Crippen MR) is 70.8 cm³/mol. The molecule has 1 aliphatic rings. The first-order valence-corrected chi connectivity index (χ1v) is 6.32. The van der Waals surface area contributed by atoms with Gasteiger partial charge in [-0.15, -0.1) is 0 Å². The number of nitrogens with two attached hydrogens (primary N) is 1. The average Bonchev–Trinajstić information content (AvgIpc) is 2.84. The number of carboxylic acid groups (broad SMARTS) is 1. The molecule has 0 saturated heterocycles. The van der Waals surface area contributed by atoms with Crippen molar-refractivity contribution in [2.24, 2.45) is 5.73 Å². The summed E-state index contributed by atoms with van der Waals surface area (Å²) in [5.74, 6) is -0.240. The molecule has 19 heavy (non-hydrogen) atoms. The molecule has 1 aromatic heterocycles. The van der Waals surface area contributed by atoms with Crippen LogP contribution in [0.25, 0.3) is 11.4 Å². The fraction of sp³-hybridized carbons (Fsp3) is 0.286. The Labute approximate surface area is 110 Å². The maximum Gasteiger partial charge on any atom is 0.336 e. The molecule has 0 spiro atoms. The van der Waals surface area contributed by atoms with Crippen molar-refractivity contribution >= 4 is 5.97 Å². The number of fused-ring (bicyclic) bond motifs is 1. The van der Waals surface area contributed by atoms with Crippen molar-refractivity contribution in [3.63, 3.8) is 0 Å². The molecule has 1 unspecified atom stereocenters. The second-order valence-corrected chi connectivity index (χ2v) is 4.76. The van der Waals surface area contributed by atoms with Crippen LogP contribution in [0.5, 0.6) is 0 Å². The standard InChI is InChI=1S/C14H15N3O2/c15-11-6-3-7-17-12(11)8-16-13(17)9-4-1-2-5-10(9)14(18)19/h1-2,4-5,8,11H,3,6-7,15H2,(H,18,19). The van der Waals surface area contributed by atoms with Crippen LogP contribution < -0.4 is 5.73 Å². The molecule has 1 atom stereocenters. The van der Waals surface area contributed by atoms with Gasteiger partial charge in [0.25, 0.3) is 0 Å². The Morgan fingerprint density at radius 3 is 3.00 bits per heavy atom. The third kappa shape index (κ3) is 1.92. The van der Waals surface area contributed by atoms with E-state index in [0.29, 0.717) is 11.4 Å². The maximum atomic E-state index is 11.3. The Hall–Kier alpha value is -2.14. The fourth-order valence-electron chi connectivity index (χ4n) is 2.62. The average molecular weight is 257 g/mol. The summed E-state index contributed by atoms with van der Waals surface area (Å²) < 4.78 is 2.04. The summed E-state index contributed by atoms with van der Waals surface area (Å²) in [5, 5.41) is 9.26. The van der Waals surface area contributed by atoms with Gasteiger partial charge in [0.15, 0.2) is 0 Å². The van der Waals surface area contributed by atoms with Crippen LogP contribution >= 0.6 is 0 Å². The number of benzene rings is 1. The third-order valence-electron chi connectivity index (χ3n) is 3.56. The Bertz CT molecular complexity index is 633. The summed E-state index contributed by atoms with van der Waals surface area (Å²) in [7, 11) is 0. The van der Waals surface area contributed by atoms with E-state index in [-0.39, 0.29) is 11.6 Å². The summed E-state index contributed by atoms with van der Waals surface area (Å²) in [4.78, 5) is 15.7. The van der Waals surface area contributed by atoms with Crippen LogP contribution in [0, 0.1) is 0 Å². The Kier molecular flexibility index (Phi) is 2.83. The summed E-state index contributed by atoms with van der Waals surface area (Å²) in [6.07, 6.45) is 3.70. The zero-order valence-corrected chi connectivity index (χ0v) is 10.4. The number of carboxylic acids is 1. The highest BCUT2D eigenvalue weighted by Crippen LogP contribution is 2.30. The predicted octanol–water partition coefficient (Wildman–Crippen LogP) is 2.04. The molecule has 3 rings (SSSR count). The highest BCUT2D eigenvalue weighted by Gasteiger charge is 2.23. The number of hydrogen-bond donors (Lipinski definition) is 2. The van der Waals surface area contributed by atoms with Crippen LogP contribution in [-0.2, 0) is 6.54 Å². The molecule has 0 aliphatic carbocycles. The van der Waals surface area contributed by atoms with Crippen LogP contribution in [0.15, 0.2) is 30.5 Å². The van der Waals surface area contributed by atoms with Crippen molar-refractivity contribution in [3.8, 4) is 11.4 Å². The molecular formula is C14H15N3O2. The van der Waals surface area contributed by atoms with Crippen molar-refractivity contribution in [1.29, 1.82) is 0 Å². The molecular weight excluding hydrogens is 242 g/mol. The van der Waals surface area contributed by atoms with Crippen LogP contribution in [0.2, 0.25) is 0 Å². The van der Waals surface area contributed by atoms with Gasteiger partial charge in [-0.2, -0.15) is 0 Å². The zero-order chi connectivity index (χ0) is 13.4. The van der Waals surface area contributed by atoms with Crippen molar-refractivity contribution in [3.05, 3.63) is 41.7 Å². The minimum Gasteiger partial charge on any atom is -0.478 e. The normalized spacial score (nSPS) is 18.1. The first-order valence-electron chi connectivity index (χ1n) is 6.32. The van der Waals surface area contributed by atoms with Gasteiger partial charge in [-0.05, 0) is 18.9 Å². The van der Waals surface area contributed by atoms with Crippen LogP contribution in [0.1, 0.15) is 34.9 Å². The van der Waals surface area contributed by atoms with Crippen molar-refractivity contribution < 1.29 is 9.90 Å². The number of rotatable bonds is 2. The number of carbonyl (C=O) groups is 1. The summed E-state index contributed by atoms with van der Waals surface area (Å²) in [6, 6.07) is 6.93. The second kappa shape index (κ2) is 4.51. The van der Waals surface area contributed by atoms with E-state index in [2.05, 4.69) is 4.98 Å². The van der Waals surface area contributed by atoms with E-state index >= 15 is 0 Å². The fourth-order valence-corrected chi connectivity index (χ4v) is 2.62. The molecule has 0 bridgehead atoms. The summed E-state index contributed by atoms with van der Waals surface area (Å²) >= 11 is 0. The maximum absolute atomic E-state index is 11.3. The molecule has 5 nitrogen and oxygen atoms in total. The van der Waals surface area contributed by atoms with Crippen LogP contribution in [0.3, 0.4) is 0 Å². The van der Waals surface area contributed by atoms with Gasteiger partial charge in [-0.3, -0.25) is 0 Å². The third-order valence-corrected chi connectivity index (χ3v) is 3.56. The molecule has 5 heteroatoms. The summed E-state index contributed by atoms with van der Waals surface area (Å²) in [5.41, 5.74) is 7.97. The van der Waals surface area contributed by atoms with Crippen molar-refractivity contribution in [2.75, 3.05) is 0 Å². The zero-order valence-electron chi connectivity index (χ0n) is 10.4. The molecule has 98 valence electrons. The first-order chi connectivity index (χ1) is 9.18. The van der Waals surface area contributed by atoms with E-state index in [0.717, 1.165) is 25.1 Å². The lowest BCUT2D eigenvalue weighted by atomic mass is 10.0. The first kappa shape index (κ1) is 11.9. The number of imidazole rings is 1. The Balaban J connectivity index is 2.16. The number of nitrogens with zero attached hydrogens (tertiary/aromatic N) is 2. The molecule has 2 aromatic rings. The minimum absolute atomic E-state index is 0.00742. The number of aromatic nitrogens is 2.